The lowest BCUT2D eigenvalue weighted by molar-refractivity contribution is 0.465. The zero-order valence-corrected chi connectivity index (χ0v) is 32.7. The molecule has 0 unspecified atom stereocenters. The van der Waals surface area contributed by atoms with Crippen LogP contribution in [-0.2, 0) is 0 Å². The van der Waals surface area contributed by atoms with Gasteiger partial charge in [0.05, 0.1) is 22.5 Å². The van der Waals surface area contributed by atoms with Gasteiger partial charge in [-0.05, 0) is 68.2 Å². The molecule has 0 fully saturated rings. The van der Waals surface area contributed by atoms with Gasteiger partial charge in [-0.15, -0.1) is 0 Å². The highest BCUT2D eigenvalue weighted by atomic mass is 16.5. The molecule has 0 saturated heterocycles. The SMILES string of the molecule is c1ccc(-c2c3c(cc4c2oc2ccccc24)B2c4cccc5c4N4c6c(cccc6B6c7cc8c(oc9ccccc98)c(-c8ccccc8)c7Oc7cc(c2c4c76)O3)O5)cc1. The van der Waals surface area contributed by atoms with Gasteiger partial charge < -0.3 is 27.9 Å². The van der Waals surface area contributed by atoms with Gasteiger partial charge in [0, 0.05) is 33.3 Å². The molecule has 11 aromatic rings. The van der Waals surface area contributed by atoms with Gasteiger partial charge in [0.15, 0.2) is 11.5 Å². The van der Waals surface area contributed by atoms with E-state index in [4.69, 9.17) is 23.0 Å². The highest BCUT2D eigenvalue weighted by Crippen LogP contribution is 2.56. The van der Waals surface area contributed by atoms with Gasteiger partial charge in [-0.25, -0.2) is 0 Å². The van der Waals surface area contributed by atoms with Gasteiger partial charge in [-0.1, -0.05) is 133 Å². The number of benzene rings is 9. The molecule has 284 valence electrons. The molecule has 0 bridgehead atoms. The number of nitrogens with zero attached hydrogens (tertiary/aromatic N) is 1. The molecule has 0 saturated carbocycles. The fourth-order valence-corrected chi connectivity index (χ4v) is 11.5. The summed E-state index contributed by atoms with van der Waals surface area (Å²) in [5.41, 5.74) is 17.2. The summed E-state index contributed by atoms with van der Waals surface area (Å²) in [6.07, 6.45) is 0. The van der Waals surface area contributed by atoms with E-state index in [2.05, 4.69) is 144 Å². The summed E-state index contributed by atoms with van der Waals surface area (Å²) in [5, 5.41) is 4.28. The number of anilines is 3. The first-order valence-corrected chi connectivity index (χ1v) is 21.1. The number of hydrogen-bond donors (Lipinski definition) is 0. The Hall–Kier alpha value is -8.09. The summed E-state index contributed by atoms with van der Waals surface area (Å²) < 4.78 is 35.4. The zero-order valence-electron chi connectivity index (χ0n) is 32.7. The minimum Gasteiger partial charge on any atom is -0.457 e. The molecule has 8 heteroatoms. The van der Waals surface area contributed by atoms with Crippen molar-refractivity contribution in [3.8, 4) is 56.8 Å². The molecule has 0 atom stereocenters. The zero-order chi connectivity index (χ0) is 39.9. The maximum absolute atomic E-state index is 7.43. The van der Waals surface area contributed by atoms with Crippen LogP contribution in [0.3, 0.4) is 0 Å². The average molecular weight is 791 g/mol. The molecule has 6 nitrogen and oxygen atoms in total. The maximum Gasteiger partial charge on any atom is 0.256 e. The highest BCUT2D eigenvalue weighted by Gasteiger charge is 2.54. The second-order valence-electron chi connectivity index (χ2n) is 17.0. The smallest absolute Gasteiger partial charge is 0.256 e. The van der Waals surface area contributed by atoms with E-state index < -0.39 is 0 Å². The predicted octanol–water partition coefficient (Wildman–Crippen LogP) is 10.3. The van der Waals surface area contributed by atoms with Gasteiger partial charge in [-0.3, -0.25) is 0 Å². The summed E-state index contributed by atoms with van der Waals surface area (Å²) >= 11 is 0. The van der Waals surface area contributed by atoms with E-state index in [1.165, 1.54) is 10.9 Å². The predicted molar refractivity (Wildman–Crippen MR) is 249 cm³/mol. The van der Waals surface area contributed by atoms with Crippen LogP contribution in [0, 0.1) is 0 Å². The van der Waals surface area contributed by atoms with Crippen LogP contribution in [0.5, 0.6) is 34.5 Å². The monoisotopic (exact) mass is 791 g/mol. The molecule has 0 aliphatic carbocycles. The third-order valence-corrected chi connectivity index (χ3v) is 13.9. The van der Waals surface area contributed by atoms with Crippen molar-refractivity contribution in [1.82, 2.24) is 0 Å². The first-order valence-electron chi connectivity index (χ1n) is 21.1. The van der Waals surface area contributed by atoms with E-state index in [1.54, 1.807) is 0 Å². The lowest BCUT2D eigenvalue weighted by Crippen LogP contribution is -2.67. The Morgan fingerprint density at radius 3 is 1.32 bits per heavy atom. The Morgan fingerprint density at radius 2 is 0.823 bits per heavy atom. The summed E-state index contributed by atoms with van der Waals surface area (Å²) in [4.78, 5) is 2.46. The van der Waals surface area contributed by atoms with Crippen LogP contribution in [-0.4, -0.2) is 13.4 Å². The van der Waals surface area contributed by atoms with Crippen molar-refractivity contribution in [3.63, 3.8) is 0 Å². The normalized spacial score (nSPS) is 14.1. The summed E-state index contributed by atoms with van der Waals surface area (Å²) in [6.45, 7) is -0.364. The van der Waals surface area contributed by atoms with E-state index >= 15 is 0 Å². The summed E-state index contributed by atoms with van der Waals surface area (Å²) in [5.74, 6) is 4.76. The summed E-state index contributed by atoms with van der Waals surface area (Å²) in [7, 11) is 0. The van der Waals surface area contributed by atoms with Crippen LogP contribution >= 0.6 is 0 Å². The number of para-hydroxylation sites is 4. The van der Waals surface area contributed by atoms with Gasteiger partial charge in [-0.2, -0.15) is 0 Å². The Bertz CT molecular complexity index is 3630. The van der Waals surface area contributed by atoms with Gasteiger partial charge in [0.1, 0.15) is 45.3 Å². The lowest BCUT2D eigenvalue weighted by atomic mass is 9.29. The lowest BCUT2D eigenvalue weighted by Gasteiger charge is -2.49. The molecule has 0 amide bonds. The molecule has 5 aliphatic rings. The van der Waals surface area contributed by atoms with Crippen molar-refractivity contribution >= 4 is 107 Å². The Morgan fingerprint density at radius 1 is 0.355 bits per heavy atom. The van der Waals surface area contributed by atoms with Crippen molar-refractivity contribution in [3.05, 3.63) is 164 Å². The molecular formula is C54H27B2NO5. The number of hydrogen-bond acceptors (Lipinski definition) is 6. The van der Waals surface area contributed by atoms with Crippen LogP contribution in [0.1, 0.15) is 0 Å². The first-order chi connectivity index (χ1) is 30.8. The number of ether oxygens (including phenoxy) is 3. The van der Waals surface area contributed by atoms with Crippen LogP contribution < -0.4 is 51.9 Å². The number of furan rings is 2. The quantitative estimate of drug-likeness (QED) is 0.163. The molecular weight excluding hydrogens is 764 g/mol. The van der Waals surface area contributed by atoms with Crippen LogP contribution in [0.25, 0.3) is 66.1 Å². The van der Waals surface area contributed by atoms with Crippen LogP contribution in [0.4, 0.5) is 17.1 Å². The number of fused-ring (bicyclic) bond motifs is 12. The Labute approximate surface area is 354 Å². The van der Waals surface area contributed by atoms with Crippen molar-refractivity contribution < 1.29 is 23.0 Å². The molecule has 7 heterocycles. The molecule has 9 aromatic carbocycles. The second kappa shape index (κ2) is 11.0. The highest BCUT2D eigenvalue weighted by molar-refractivity contribution is 7.04. The molecule has 16 rings (SSSR count). The second-order valence-corrected chi connectivity index (χ2v) is 17.0. The van der Waals surface area contributed by atoms with Crippen LogP contribution in [0.2, 0.25) is 0 Å². The van der Waals surface area contributed by atoms with Gasteiger partial charge in [0.25, 0.3) is 13.4 Å². The Kier molecular flexibility index (Phi) is 5.63. The first kappa shape index (κ1) is 31.8. The molecule has 5 aliphatic heterocycles. The minimum atomic E-state index is -0.182. The van der Waals surface area contributed by atoms with Crippen LogP contribution in [0.15, 0.2) is 173 Å². The third kappa shape index (κ3) is 3.73. The largest absolute Gasteiger partial charge is 0.457 e. The van der Waals surface area contributed by atoms with Crippen molar-refractivity contribution in [2.24, 2.45) is 0 Å². The molecule has 62 heavy (non-hydrogen) atoms. The standard InChI is InChI=1S/C54H27B2NO5/c1-3-13-28(14-4-1)44-51-32(30-17-7-9-21-38(30)59-51)25-36-53(44)61-42-27-43-47-50-46(42)55(36)34-19-11-23-40-48(34)57(50)49-35(20-12-24-41(49)58-40)56(47)37-26-33-31-18-8-10-22-39(31)60-52(33)45(54(37)62-43)29-15-5-2-6-16-29/h1-27H. The third-order valence-electron chi connectivity index (χ3n) is 13.9. The van der Waals surface area contributed by atoms with E-state index in [0.717, 1.165) is 140 Å². The molecule has 0 N–H and O–H groups in total. The van der Waals surface area contributed by atoms with E-state index in [-0.39, 0.29) is 13.4 Å². The van der Waals surface area contributed by atoms with E-state index in [9.17, 15) is 0 Å². The van der Waals surface area contributed by atoms with Crippen molar-refractivity contribution in [2.75, 3.05) is 4.90 Å². The maximum atomic E-state index is 7.43. The van der Waals surface area contributed by atoms with E-state index in [0.29, 0.717) is 0 Å². The fraction of sp³-hybridized carbons (Fsp3) is 0. The van der Waals surface area contributed by atoms with Gasteiger partial charge in [0.2, 0.25) is 0 Å². The Balaban J connectivity index is 1.06. The average Bonchev–Trinajstić information content (AvgIpc) is 3.88. The van der Waals surface area contributed by atoms with Crippen molar-refractivity contribution in [1.29, 1.82) is 0 Å². The molecule has 0 spiro atoms. The molecule has 0 radical (unpaired) electrons. The van der Waals surface area contributed by atoms with E-state index in [1.807, 2.05) is 24.3 Å². The van der Waals surface area contributed by atoms with Crippen molar-refractivity contribution in [2.45, 2.75) is 0 Å². The molecule has 2 aromatic heterocycles. The number of rotatable bonds is 2. The topological polar surface area (TPSA) is 57.2 Å². The van der Waals surface area contributed by atoms with Gasteiger partial charge >= 0.3 is 0 Å². The minimum absolute atomic E-state index is 0.182. The fourth-order valence-electron chi connectivity index (χ4n) is 11.5. The summed E-state index contributed by atoms with van der Waals surface area (Å²) in [6, 6.07) is 57.4.